The first-order valence-corrected chi connectivity index (χ1v) is 32.4. The maximum absolute atomic E-state index is 12.5. The van der Waals surface area contributed by atoms with Crippen molar-refractivity contribution in [3.05, 3.63) is 12.2 Å². The Balaban J connectivity index is 3.40. The summed E-state index contributed by atoms with van der Waals surface area (Å²) in [7, 11) is 0. The molecule has 0 saturated carbocycles. The average molecular weight is 1000 g/mol. The quantitative estimate of drug-likeness (QED) is 0.0320. The van der Waals surface area contributed by atoms with E-state index in [1.807, 2.05) is 0 Å². The van der Waals surface area contributed by atoms with E-state index in [9.17, 15) is 19.8 Å². The molecule has 0 fully saturated rings. The van der Waals surface area contributed by atoms with Crippen LogP contribution in [0, 0.1) is 0 Å². The second-order valence-electron chi connectivity index (χ2n) is 22.5. The van der Waals surface area contributed by atoms with Crippen LogP contribution in [0.5, 0.6) is 0 Å². The van der Waals surface area contributed by atoms with Crippen molar-refractivity contribution in [1.29, 1.82) is 0 Å². The molecule has 0 aliphatic heterocycles. The molecule has 3 N–H and O–H groups in total. The number of rotatable bonds is 61. The number of ether oxygens (including phenoxy) is 1. The predicted molar refractivity (Wildman–Crippen MR) is 310 cm³/mol. The highest BCUT2D eigenvalue weighted by Gasteiger charge is 2.20. The topological polar surface area (TPSA) is 95.9 Å². The Labute approximate surface area is 444 Å². The molecule has 0 spiro atoms. The number of carbonyl (C=O) groups is 2. The van der Waals surface area contributed by atoms with Crippen LogP contribution < -0.4 is 5.32 Å². The first-order chi connectivity index (χ1) is 35.0. The summed E-state index contributed by atoms with van der Waals surface area (Å²) < 4.78 is 5.48. The predicted octanol–water partition coefficient (Wildman–Crippen LogP) is 20.4. The molecule has 0 aliphatic carbocycles. The van der Waals surface area contributed by atoms with Gasteiger partial charge in [-0.05, 0) is 51.4 Å². The van der Waals surface area contributed by atoms with E-state index in [1.54, 1.807) is 0 Å². The van der Waals surface area contributed by atoms with Gasteiger partial charge in [-0.3, -0.25) is 9.59 Å². The number of amides is 1. The molecule has 6 heteroatoms. The maximum atomic E-state index is 12.5. The molecular formula is C65H127NO5. The molecule has 0 bridgehead atoms. The Morgan fingerprint density at radius 3 is 1.00 bits per heavy atom. The van der Waals surface area contributed by atoms with Gasteiger partial charge in [-0.15, -0.1) is 0 Å². The average Bonchev–Trinajstić information content (AvgIpc) is 3.37. The minimum absolute atomic E-state index is 0.0140. The number of aliphatic hydroxyl groups is 2. The van der Waals surface area contributed by atoms with Crippen LogP contribution in [0.4, 0.5) is 0 Å². The summed E-state index contributed by atoms with van der Waals surface area (Å²) in [5, 5.41) is 23.3. The fourth-order valence-electron chi connectivity index (χ4n) is 10.3. The molecule has 0 radical (unpaired) electrons. The summed E-state index contributed by atoms with van der Waals surface area (Å²) in [5.41, 5.74) is 0. The summed E-state index contributed by atoms with van der Waals surface area (Å²) >= 11 is 0. The maximum Gasteiger partial charge on any atom is 0.305 e. The minimum atomic E-state index is -0.667. The van der Waals surface area contributed by atoms with Crippen molar-refractivity contribution in [1.82, 2.24) is 5.32 Å². The lowest BCUT2D eigenvalue weighted by molar-refractivity contribution is -0.143. The van der Waals surface area contributed by atoms with Gasteiger partial charge in [-0.25, -0.2) is 0 Å². The van der Waals surface area contributed by atoms with Crippen LogP contribution in [0.15, 0.2) is 12.2 Å². The van der Waals surface area contributed by atoms with Crippen molar-refractivity contribution < 1.29 is 24.5 Å². The number of unbranched alkanes of at least 4 members (excludes halogenated alkanes) is 48. The lowest BCUT2D eigenvalue weighted by Crippen LogP contribution is -2.45. The number of allylic oxidation sites excluding steroid dienone is 2. The van der Waals surface area contributed by atoms with E-state index in [2.05, 4.69) is 31.3 Å². The number of esters is 1. The number of aliphatic hydroxyl groups excluding tert-OH is 2. The van der Waals surface area contributed by atoms with E-state index in [4.69, 9.17) is 4.74 Å². The van der Waals surface area contributed by atoms with E-state index >= 15 is 0 Å². The molecule has 0 aromatic heterocycles. The third-order valence-corrected chi connectivity index (χ3v) is 15.3. The monoisotopic (exact) mass is 1000 g/mol. The second kappa shape index (κ2) is 61.1. The highest BCUT2D eigenvalue weighted by atomic mass is 16.5. The van der Waals surface area contributed by atoms with Gasteiger partial charge in [0.25, 0.3) is 0 Å². The fraction of sp³-hybridized carbons (Fsp3) is 0.938. The van der Waals surface area contributed by atoms with Crippen LogP contribution in [-0.2, 0) is 14.3 Å². The summed E-state index contributed by atoms with van der Waals surface area (Å²) in [6, 6.07) is -0.544. The van der Waals surface area contributed by atoms with Crippen molar-refractivity contribution >= 4 is 11.9 Å². The van der Waals surface area contributed by atoms with Crippen LogP contribution in [-0.4, -0.2) is 47.4 Å². The smallest absolute Gasteiger partial charge is 0.305 e. The van der Waals surface area contributed by atoms with Crippen molar-refractivity contribution in [2.24, 2.45) is 0 Å². The zero-order chi connectivity index (χ0) is 51.4. The van der Waals surface area contributed by atoms with Gasteiger partial charge < -0.3 is 20.3 Å². The van der Waals surface area contributed by atoms with E-state index in [0.29, 0.717) is 25.9 Å². The van der Waals surface area contributed by atoms with Gasteiger partial charge in [-0.2, -0.15) is 0 Å². The van der Waals surface area contributed by atoms with Crippen LogP contribution in [0.25, 0.3) is 0 Å². The van der Waals surface area contributed by atoms with Crippen LogP contribution in [0.1, 0.15) is 367 Å². The van der Waals surface area contributed by atoms with Crippen molar-refractivity contribution in [3.8, 4) is 0 Å². The fourth-order valence-corrected chi connectivity index (χ4v) is 10.3. The zero-order valence-corrected chi connectivity index (χ0v) is 48.2. The molecule has 1 amide bonds. The summed E-state index contributed by atoms with van der Waals surface area (Å²) in [6.07, 6.45) is 73.7. The van der Waals surface area contributed by atoms with E-state index < -0.39 is 12.1 Å². The van der Waals surface area contributed by atoms with Crippen molar-refractivity contribution in [2.45, 2.75) is 379 Å². The van der Waals surface area contributed by atoms with E-state index in [1.165, 1.54) is 295 Å². The normalized spacial score (nSPS) is 12.6. The third kappa shape index (κ3) is 57.7. The minimum Gasteiger partial charge on any atom is -0.466 e. The molecular weight excluding hydrogens is 875 g/mol. The summed E-state index contributed by atoms with van der Waals surface area (Å²) in [5.74, 6) is -0.0219. The first kappa shape index (κ1) is 69.6. The highest BCUT2D eigenvalue weighted by molar-refractivity contribution is 5.76. The lowest BCUT2D eigenvalue weighted by atomic mass is 10.0. The van der Waals surface area contributed by atoms with E-state index in [-0.39, 0.29) is 18.5 Å². The van der Waals surface area contributed by atoms with Crippen LogP contribution >= 0.6 is 0 Å². The molecule has 6 nitrogen and oxygen atoms in total. The van der Waals surface area contributed by atoms with Crippen LogP contribution in [0.2, 0.25) is 0 Å². The first-order valence-electron chi connectivity index (χ1n) is 32.4. The molecule has 2 atom stereocenters. The largest absolute Gasteiger partial charge is 0.466 e. The summed E-state index contributed by atoms with van der Waals surface area (Å²) in [6.45, 7) is 4.98. The molecule has 0 aliphatic rings. The van der Waals surface area contributed by atoms with Gasteiger partial charge in [0.2, 0.25) is 5.91 Å². The van der Waals surface area contributed by atoms with Gasteiger partial charge in [0.05, 0.1) is 25.4 Å². The van der Waals surface area contributed by atoms with Gasteiger partial charge in [-0.1, -0.05) is 315 Å². The number of hydrogen-bond donors (Lipinski definition) is 3. The molecule has 0 saturated heterocycles. The number of nitrogens with one attached hydrogen (secondary N) is 1. The van der Waals surface area contributed by atoms with Crippen LogP contribution in [0.3, 0.4) is 0 Å². The van der Waals surface area contributed by atoms with Crippen molar-refractivity contribution in [2.75, 3.05) is 13.2 Å². The zero-order valence-electron chi connectivity index (χ0n) is 48.2. The Morgan fingerprint density at radius 1 is 0.380 bits per heavy atom. The molecule has 422 valence electrons. The Hall–Kier alpha value is -1.40. The Kier molecular flexibility index (Phi) is 59.9. The molecule has 71 heavy (non-hydrogen) atoms. The number of carbonyl (C=O) groups excluding carboxylic acids is 2. The SMILES string of the molecule is CCCCCCCCCCCCCCCCCCCCC(O)C(CO)NC(=O)CCCCCCCCCC/C=C\CCCCCCCCCCCCCCOC(=O)CCCCCCCCCCCCCC. The second-order valence-corrected chi connectivity index (χ2v) is 22.5. The van der Waals surface area contributed by atoms with Gasteiger partial charge in [0, 0.05) is 12.8 Å². The van der Waals surface area contributed by atoms with Crippen molar-refractivity contribution in [3.63, 3.8) is 0 Å². The van der Waals surface area contributed by atoms with Gasteiger partial charge in [0.15, 0.2) is 0 Å². The highest BCUT2D eigenvalue weighted by Crippen LogP contribution is 2.18. The molecule has 0 aromatic carbocycles. The van der Waals surface area contributed by atoms with E-state index in [0.717, 1.165) is 38.5 Å². The van der Waals surface area contributed by atoms with Gasteiger partial charge >= 0.3 is 5.97 Å². The number of hydrogen-bond acceptors (Lipinski definition) is 5. The lowest BCUT2D eigenvalue weighted by Gasteiger charge is -2.22. The molecule has 0 aromatic rings. The third-order valence-electron chi connectivity index (χ3n) is 15.3. The Morgan fingerprint density at radius 2 is 0.662 bits per heavy atom. The summed E-state index contributed by atoms with van der Waals surface area (Å²) in [4.78, 5) is 24.5. The standard InChI is InChI=1S/C65H127NO5/c1-3-5-7-9-11-13-15-17-18-19-28-31-34-37-41-45-49-53-57-63(68)62(61-67)66-64(69)58-54-50-46-42-38-35-32-29-26-24-22-20-21-23-25-27-30-33-36-40-44-48-52-56-60-71-65(70)59-55-51-47-43-39-16-14-12-10-8-6-4-2/h22,24,62-63,67-68H,3-21,23,25-61H2,1-2H3,(H,66,69)/b24-22-. The molecule has 0 heterocycles. The molecule has 2 unspecified atom stereocenters. The Bertz CT molecular complexity index is 1060. The van der Waals surface area contributed by atoms with Gasteiger partial charge in [0.1, 0.15) is 0 Å². The molecule has 0 rings (SSSR count).